The molecule has 312 valence electrons. The van der Waals surface area contributed by atoms with Gasteiger partial charge in [-0.25, -0.2) is 18.6 Å². The van der Waals surface area contributed by atoms with Crippen molar-refractivity contribution in [2.24, 2.45) is 17.3 Å². The van der Waals surface area contributed by atoms with Gasteiger partial charge in [-0.2, -0.15) is 13.2 Å². The molecule has 3 heterocycles. The summed E-state index contributed by atoms with van der Waals surface area (Å²) in [7, 11) is 1.66. The van der Waals surface area contributed by atoms with Crippen molar-refractivity contribution in [3.63, 3.8) is 0 Å². The number of methoxy groups -OCH3 is 2. The third-order valence-electron chi connectivity index (χ3n) is 12.5. The normalized spacial score (nSPS) is 27.2. The molecule has 2 bridgehead atoms. The average Bonchev–Trinajstić information content (AvgIpc) is 3.68. The molecule has 19 heteroatoms. The van der Waals surface area contributed by atoms with Gasteiger partial charge in [-0.3, -0.25) is 14.2 Å². The third-order valence-corrected chi connectivity index (χ3v) is 12.5. The van der Waals surface area contributed by atoms with Crippen LogP contribution in [0.1, 0.15) is 76.4 Å². The topological polar surface area (TPSA) is 154 Å². The van der Waals surface area contributed by atoms with Crippen LogP contribution < -0.4 is 36.3 Å². The number of rotatable bonds is 12. The van der Waals surface area contributed by atoms with Crippen LogP contribution in [0.3, 0.4) is 0 Å². The van der Waals surface area contributed by atoms with Gasteiger partial charge in [0.2, 0.25) is 12.3 Å². The minimum absolute atomic E-state index is 0.0268. The number of hydrogen-bond donors (Lipinski definition) is 4. The summed E-state index contributed by atoms with van der Waals surface area (Å²) in [5.74, 6) is -0.928. The molecule has 7 atom stereocenters. The molecular weight excluding hydrogens is 770 g/mol. The van der Waals surface area contributed by atoms with Crippen LogP contribution in [0, 0.1) is 17.3 Å². The lowest BCUT2D eigenvalue weighted by atomic mass is 9.43. The number of anilines is 2. The Kier molecular flexibility index (Phi) is 10.7. The maximum atomic E-state index is 14.4. The average molecular weight is 817 g/mol. The number of urea groups is 1. The Hall–Kier alpha value is -4.91. The highest BCUT2D eigenvalue weighted by molar-refractivity contribution is 6.48. The predicted molar refractivity (Wildman–Crippen MR) is 203 cm³/mol. The summed E-state index contributed by atoms with van der Waals surface area (Å²) >= 11 is 0. The van der Waals surface area contributed by atoms with Gasteiger partial charge in [0, 0.05) is 25.5 Å². The first-order chi connectivity index (χ1) is 27.3. The molecule has 2 aromatic carbocycles. The standard InChI is InChI=1S/C39H46BF5N6O7/c1-36(2)22-13-28(36)38(4)29(14-22)57-40(58-38)30(16-31(41)42)49-32(52)26-17-37(3,50-35(54)48-24-15-23(55-5)10-11-27(24)56-6)34-47-19-25(33(53)51(26)34)46-18-20-8-7-9-21(12-20)39(43,44)45/h7-12,15,19,22,26,28-31,46H,13-14,16-18H2,1-6H3,(H,49,52)(H2,48,50,54)/t22-,26-,28-,29+,30?,37+,38-/m0/s1. The van der Waals surface area contributed by atoms with Crippen molar-refractivity contribution < 1.29 is 50.3 Å². The summed E-state index contributed by atoms with van der Waals surface area (Å²) in [4.78, 5) is 46.7. The summed E-state index contributed by atoms with van der Waals surface area (Å²) in [5, 5.41) is 11.0. The van der Waals surface area contributed by atoms with Gasteiger partial charge in [0.05, 0.1) is 54.9 Å². The lowest BCUT2D eigenvalue weighted by molar-refractivity contribution is -0.199. The highest BCUT2D eigenvalue weighted by Crippen LogP contribution is 2.65. The van der Waals surface area contributed by atoms with E-state index in [9.17, 15) is 36.3 Å². The highest BCUT2D eigenvalue weighted by Gasteiger charge is 2.68. The van der Waals surface area contributed by atoms with E-state index in [2.05, 4.69) is 40.1 Å². The first kappa shape index (κ1) is 41.3. The van der Waals surface area contributed by atoms with E-state index in [1.165, 1.54) is 38.6 Å². The molecule has 58 heavy (non-hydrogen) atoms. The Bertz CT molecular complexity index is 2140. The number of halogens is 5. The van der Waals surface area contributed by atoms with Crippen molar-refractivity contribution in [1.82, 2.24) is 20.2 Å². The van der Waals surface area contributed by atoms with E-state index in [-0.39, 0.29) is 53.2 Å². The van der Waals surface area contributed by atoms with E-state index in [4.69, 9.17) is 18.8 Å². The fraction of sp³-hybridized carbons (Fsp3) is 0.538. The largest absolute Gasteiger partial charge is 0.497 e. The van der Waals surface area contributed by atoms with Gasteiger partial charge in [-0.15, -0.1) is 0 Å². The first-order valence-corrected chi connectivity index (χ1v) is 19.0. The van der Waals surface area contributed by atoms with Crippen LogP contribution in [-0.2, 0) is 32.4 Å². The number of nitrogens with one attached hydrogen (secondary N) is 4. The van der Waals surface area contributed by atoms with E-state index >= 15 is 0 Å². The quantitative estimate of drug-likeness (QED) is 0.122. The van der Waals surface area contributed by atoms with E-state index in [1.54, 1.807) is 19.1 Å². The van der Waals surface area contributed by atoms with Crippen LogP contribution >= 0.6 is 0 Å². The number of benzene rings is 2. The van der Waals surface area contributed by atoms with Crippen LogP contribution in [0.15, 0.2) is 53.5 Å². The summed E-state index contributed by atoms with van der Waals surface area (Å²) in [6, 6.07) is 7.15. The van der Waals surface area contributed by atoms with Gasteiger partial charge < -0.3 is 40.0 Å². The molecular formula is C39H46BF5N6O7. The zero-order chi connectivity index (χ0) is 41.9. The van der Waals surface area contributed by atoms with Crippen LogP contribution in [0.5, 0.6) is 11.5 Å². The summed E-state index contributed by atoms with van der Waals surface area (Å²) < 4.78 is 93.0. The Balaban J connectivity index is 1.18. The smallest absolute Gasteiger partial charge is 0.481 e. The summed E-state index contributed by atoms with van der Waals surface area (Å²) in [6.45, 7) is 7.59. The molecule has 1 unspecified atom stereocenters. The van der Waals surface area contributed by atoms with Crippen molar-refractivity contribution in [3.8, 4) is 11.5 Å². The summed E-state index contributed by atoms with van der Waals surface area (Å²) in [6.07, 6.45) is -6.07. The maximum Gasteiger partial charge on any atom is 0.481 e. The molecule has 4 fully saturated rings. The van der Waals surface area contributed by atoms with Crippen molar-refractivity contribution >= 4 is 30.4 Å². The van der Waals surface area contributed by atoms with Crippen molar-refractivity contribution in [1.29, 1.82) is 0 Å². The van der Waals surface area contributed by atoms with Gasteiger partial charge in [-0.05, 0) is 73.8 Å². The second kappa shape index (κ2) is 15.0. The fourth-order valence-corrected chi connectivity index (χ4v) is 9.32. The Morgan fingerprint density at radius 3 is 2.48 bits per heavy atom. The monoisotopic (exact) mass is 816 g/mol. The van der Waals surface area contributed by atoms with Crippen molar-refractivity contribution in [2.45, 2.75) is 102 Å². The number of carbonyl (C=O) groups excluding carboxylic acids is 2. The molecule has 0 radical (unpaired) electrons. The van der Waals surface area contributed by atoms with Crippen LogP contribution in [-0.4, -0.2) is 66.9 Å². The number of ether oxygens (including phenoxy) is 2. The molecule has 1 aromatic heterocycles. The minimum Gasteiger partial charge on any atom is -0.497 e. The second-order valence-electron chi connectivity index (χ2n) is 16.5. The number of hydrogen-bond acceptors (Lipinski definition) is 9. The van der Waals surface area contributed by atoms with Crippen LogP contribution in [0.25, 0.3) is 0 Å². The molecule has 3 amide bonds. The van der Waals surface area contributed by atoms with Gasteiger partial charge >= 0.3 is 19.3 Å². The van der Waals surface area contributed by atoms with Crippen LogP contribution in [0.2, 0.25) is 0 Å². The molecule has 3 saturated carbocycles. The molecule has 8 rings (SSSR count). The molecule has 2 aliphatic heterocycles. The van der Waals surface area contributed by atoms with Gasteiger partial charge in [-0.1, -0.05) is 26.0 Å². The number of aromatic nitrogens is 2. The molecule has 3 aliphatic carbocycles. The van der Waals surface area contributed by atoms with Crippen molar-refractivity contribution in [2.75, 3.05) is 24.9 Å². The number of amides is 3. The maximum absolute atomic E-state index is 14.4. The lowest BCUT2D eigenvalue weighted by Gasteiger charge is -2.64. The number of alkyl halides is 5. The predicted octanol–water partition coefficient (Wildman–Crippen LogP) is 6.28. The third kappa shape index (κ3) is 7.46. The first-order valence-electron chi connectivity index (χ1n) is 19.0. The number of carbonyl (C=O) groups is 2. The van der Waals surface area contributed by atoms with Crippen LogP contribution in [0.4, 0.5) is 38.1 Å². The highest BCUT2D eigenvalue weighted by atomic mass is 19.4. The zero-order valence-corrected chi connectivity index (χ0v) is 32.8. The Morgan fingerprint density at radius 2 is 1.81 bits per heavy atom. The second-order valence-corrected chi connectivity index (χ2v) is 16.5. The lowest BCUT2D eigenvalue weighted by Crippen LogP contribution is -2.65. The van der Waals surface area contributed by atoms with E-state index in [0.29, 0.717) is 23.8 Å². The Labute approximate surface area is 331 Å². The SMILES string of the molecule is COc1ccc(OC)c(NC(=O)N[C@]2(C)C[C@@H](C(=O)NC(CC(F)F)B3O[C@@H]4C[C@@H]5C[C@@H](C5(C)C)[C@]4(C)O3)n3c2ncc(NCc2cccc(C(F)(F)F)c2)c3=O)c1. The van der Waals surface area contributed by atoms with Gasteiger partial charge in [0.15, 0.2) is 0 Å². The molecule has 5 aliphatic rings. The van der Waals surface area contributed by atoms with Crippen molar-refractivity contribution in [3.05, 3.63) is 76.0 Å². The van der Waals surface area contributed by atoms with E-state index in [1.807, 2.05) is 6.92 Å². The minimum atomic E-state index is -4.59. The number of fused-ring (bicyclic) bond motifs is 1. The zero-order valence-electron chi connectivity index (χ0n) is 32.8. The molecule has 1 saturated heterocycles. The number of nitrogens with zero attached hydrogens (tertiary/aromatic N) is 2. The molecule has 4 N–H and O–H groups in total. The Morgan fingerprint density at radius 1 is 1.05 bits per heavy atom. The molecule has 0 spiro atoms. The van der Waals surface area contributed by atoms with E-state index < -0.39 is 72.3 Å². The summed E-state index contributed by atoms with van der Waals surface area (Å²) in [5.41, 5.74) is -3.62. The molecule has 3 aromatic rings. The van der Waals surface area contributed by atoms with E-state index in [0.717, 1.165) is 23.1 Å². The molecule has 13 nitrogen and oxygen atoms in total. The van der Waals surface area contributed by atoms with Gasteiger partial charge in [0.1, 0.15) is 29.1 Å². The van der Waals surface area contributed by atoms with Gasteiger partial charge in [0.25, 0.3) is 5.56 Å². The fourth-order valence-electron chi connectivity index (χ4n) is 9.32.